The first kappa shape index (κ1) is 16.9. The molecule has 8 heteroatoms. The van der Waals surface area contributed by atoms with Gasteiger partial charge in [0.05, 0.1) is 24.8 Å². The number of hydrogen-bond donors (Lipinski definition) is 1. The number of imide groups is 1. The van der Waals surface area contributed by atoms with Gasteiger partial charge in [-0.15, -0.1) is 0 Å². The Morgan fingerprint density at radius 1 is 1.36 bits per heavy atom. The molecule has 2 aliphatic heterocycles. The summed E-state index contributed by atoms with van der Waals surface area (Å²) in [6.45, 7) is 3.06. The Morgan fingerprint density at radius 2 is 2.08 bits per heavy atom. The van der Waals surface area contributed by atoms with Gasteiger partial charge in [-0.2, -0.15) is 5.26 Å². The van der Waals surface area contributed by atoms with Crippen LogP contribution >= 0.6 is 0 Å². The van der Waals surface area contributed by atoms with E-state index in [1.807, 2.05) is 6.07 Å². The average molecular weight is 342 g/mol. The number of ether oxygens (including phenoxy) is 1. The van der Waals surface area contributed by atoms with Crippen LogP contribution in [0.2, 0.25) is 0 Å². The van der Waals surface area contributed by atoms with Gasteiger partial charge in [0.25, 0.3) is 5.91 Å². The van der Waals surface area contributed by atoms with Crippen LogP contribution in [-0.4, -0.2) is 60.5 Å². The van der Waals surface area contributed by atoms with Crippen LogP contribution in [0.5, 0.6) is 0 Å². The second-order valence-corrected chi connectivity index (χ2v) is 6.13. The molecule has 0 aliphatic carbocycles. The maximum Gasteiger partial charge on any atom is 0.325 e. The zero-order chi connectivity index (χ0) is 18.0. The summed E-state index contributed by atoms with van der Waals surface area (Å²) in [5.74, 6) is -0.795. The summed E-state index contributed by atoms with van der Waals surface area (Å²) in [5, 5.41) is 11.7. The zero-order valence-electron chi connectivity index (χ0n) is 13.8. The molecule has 4 amide bonds. The van der Waals surface area contributed by atoms with Crippen molar-refractivity contribution < 1.29 is 19.1 Å². The highest BCUT2D eigenvalue weighted by atomic mass is 16.5. The van der Waals surface area contributed by atoms with E-state index in [1.165, 1.54) is 0 Å². The molecule has 2 saturated heterocycles. The molecule has 0 unspecified atom stereocenters. The van der Waals surface area contributed by atoms with Crippen LogP contribution in [0, 0.1) is 11.3 Å². The highest BCUT2D eigenvalue weighted by Gasteiger charge is 2.49. The third-order valence-electron chi connectivity index (χ3n) is 4.50. The molecule has 2 fully saturated rings. The molecule has 0 spiro atoms. The maximum atomic E-state index is 12.8. The van der Waals surface area contributed by atoms with E-state index in [2.05, 4.69) is 5.32 Å². The molecule has 2 heterocycles. The number of morpholine rings is 1. The number of hydrogen-bond acceptors (Lipinski definition) is 5. The second-order valence-electron chi connectivity index (χ2n) is 6.13. The predicted molar refractivity (Wildman–Crippen MR) is 86.2 cm³/mol. The fourth-order valence-electron chi connectivity index (χ4n) is 2.98. The fraction of sp³-hybridized carbons (Fsp3) is 0.412. The molecule has 0 radical (unpaired) electrons. The van der Waals surface area contributed by atoms with E-state index >= 15 is 0 Å². The number of nitriles is 1. The third kappa shape index (κ3) is 3.06. The van der Waals surface area contributed by atoms with Crippen molar-refractivity contribution in [3.8, 4) is 6.07 Å². The molecule has 0 saturated carbocycles. The fourth-order valence-corrected chi connectivity index (χ4v) is 2.98. The lowest BCUT2D eigenvalue weighted by molar-refractivity contribution is -0.141. The lowest BCUT2D eigenvalue weighted by atomic mass is 9.91. The van der Waals surface area contributed by atoms with Crippen LogP contribution < -0.4 is 5.32 Å². The molecular formula is C17H18N4O4. The zero-order valence-corrected chi connectivity index (χ0v) is 13.8. The molecule has 1 N–H and O–H groups in total. The van der Waals surface area contributed by atoms with Gasteiger partial charge in [0.1, 0.15) is 12.1 Å². The van der Waals surface area contributed by atoms with Gasteiger partial charge in [0.15, 0.2) is 0 Å². The summed E-state index contributed by atoms with van der Waals surface area (Å²) in [4.78, 5) is 40.0. The number of rotatable bonds is 3. The van der Waals surface area contributed by atoms with Crippen molar-refractivity contribution in [1.29, 1.82) is 5.26 Å². The standard InChI is InChI=1S/C17H18N4O4/c1-17(13-4-2-3-12(9-13)10-18)15(23)21(16(24)19-17)11-14(22)20-5-7-25-8-6-20/h2-4,9H,5-8,11H2,1H3,(H,19,24)/t17-/m0/s1. The van der Waals surface area contributed by atoms with Crippen molar-refractivity contribution in [3.05, 3.63) is 35.4 Å². The summed E-state index contributed by atoms with van der Waals surface area (Å²) >= 11 is 0. The van der Waals surface area contributed by atoms with Gasteiger partial charge in [0, 0.05) is 13.1 Å². The number of carbonyl (C=O) groups excluding carboxylic acids is 3. The van der Waals surface area contributed by atoms with Crippen molar-refractivity contribution in [3.63, 3.8) is 0 Å². The van der Waals surface area contributed by atoms with Crippen LogP contribution in [0.4, 0.5) is 4.79 Å². The van der Waals surface area contributed by atoms with Crippen LogP contribution in [0.1, 0.15) is 18.1 Å². The SMILES string of the molecule is C[C@@]1(c2cccc(C#N)c2)NC(=O)N(CC(=O)N2CCOCC2)C1=O. The van der Waals surface area contributed by atoms with Gasteiger partial charge in [0.2, 0.25) is 5.91 Å². The number of urea groups is 1. The van der Waals surface area contributed by atoms with Gasteiger partial charge < -0.3 is 15.0 Å². The first-order valence-electron chi connectivity index (χ1n) is 7.96. The summed E-state index contributed by atoms with van der Waals surface area (Å²) in [6.07, 6.45) is 0. The molecule has 2 aliphatic rings. The summed E-state index contributed by atoms with van der Waals surface area (Å²) < 4.78 is 5.19. The Hall–Kier alpha value is -2.92. The van der Waals surface area contributed by atoms with Gasteiger partial charge in [-0.1, -0.05) is 12.1 Å². The van der Waals surface area contributed by atoms with Crippen LogP contribution in [0.15, 0.2) is 24.3 Å². The maximum absolute atomic E-state index is 12.8. The molecule has 1 aromatic carbocycles. The van der Waals surface area contributed by atoms with Crippen molar-refractivity contribution in [2.45, 2.75) is 12.5 Å². The van der Waals surface area contributed by atoms with E-state index in [-0.39, 0.29) is 12.5 Å². The number of nitrogens with one attached hydrogen (secondary N) is 1. The van der Waals surface area contributed by atoms with E-state index in [0.29, 0.717) is 37.4 Å². The minimum Gasteiger partial charge on any atom is -0.378 e. The molecule has 0 bridgehead atoms. The molecule has 1 atom stereocenters. The van der Waals surface area contributed by atoms with E-state index in [0.717, 1.165) is 4.90 Å². The highest BCUT2D eigenvalue weighted by molar-refractivity contribution is 6.09. The smallest absolute Gasteiger partial charge is 0.325 e. The summed E-state index contributed by atoms with van der Waals surface area (Å²) in [6, 6.07) is 7.90. The molecule has 8 nitrogen and oxygen atoms in total. The molecular weight excluding hydrogens is 324 g/mol. The Kier molecular flexibility index (Phi) is 4.42. The number of benzene rings is 1. The molecule has 25 heavy (non-hydrogen) atoms. The van der Waals surface area contributed by atoms with Crippen LogP contribution in [0.25, 0.3) is 0 Å². The van der Waals surface area contributed by atoms with Crippen LogP contribution in [-0.2, 0) is 19.9 Å². The average Bonchev–Trinajstić information content (AvgIpc) is 2.86. The molecule has 0 aromatic heterocycles. The van der Waals surface area contributed by atoms with E-state index in [9.17, 15) is 14.4 Å². The van der Waals surface area contributed by atoms with Crippen molar-refractivity contribution in [1.82, 2.24) is 15.1 Å². The highest BCUT2D eigenvalue weighted by Crippen LogP contribution is 2.29. The Balaban J connectivity index is 1.79. The van der Waals surface area contributed by atoms with Crippen LogP contribution in [0.3, 0.4) is 0 Å². The number of nitrogens with zero attached hydrogens (tertiary/aromatic N) is 3. The van der Waals surface area contributed by atoms with E-state index in [1.54, 1.807) is 36.1 Å². The van der Waals surface area contributed by atoms with Gasteiger partial charge in [-0.25, -0.2) is 4.79 Å². The normalized spacial score (nSPS) is 23.4. The molecule has 3 rings (SSSR count). The number of amides is 4. The minimum absolute atomic E-state index is 0.290. The topological polar surface area (TPSA) is 103 Å². The predicted octanol–water partition coefficient (Wildman–Crippen LogP) is 0.184. The lowest BCUT2D eigenvalue weighted by Crippen LogP contribution is -2.47. The Morgan fingerprint density at radius 3 is 2.76 bits per heavy atom. The van der Waals surface area contributed by atoms with Crippen molar-refractivity contribution in [2.75, 3.05) is 32.8 Å². The van der Waals surface area contributed by atoms with E-state index < -0.39 is 17.5 Å². The Labute approximate surface area is 144 Å². The van der Waals surface area contributed by atoms with Gasteiger partial charge in [-0.05, 0) is 24.6 Å². The summed E-state index contributed by atoms with van der Waals surface area (Å²) in [5.41, 5.74) is -0.398. The van der Waals surface area contributed by atoms with Crippen molar-refractivity contribution in [2.24, 2.45) is 0 Å². The minimum atomic E-state index is -1.30. The first-order valence-corrected chi connectivity index (χ1v) is 7.96. The molecule has 130 valence electrons. The first-order chi connectivity index (χ1) is 12.0. The van der Waals surface area contributed by atoms with Gasteiger partial charge >= 0.3 is 6.03 Å². The monoisotopic (exact) mass is 342 g/mol. The Bertz CT molecular complexity index is 766. The van der Waals surface area contributed by atoms with E-state index in [4.69, 9.17) is 10.00 Å². The third-order valence-corrected chi connectivity index (χ3v) is 4.50. The number of carbonyl (C=O) groups is 3. The van der Waals surface area contributed by atoms with Gasteiger partial charge in [-0.3, -0.25) is 14.5 Å². The lowest BCUT2D eigenvalue weighted by Gasteiger charge is -2.28. The van der Waals surface area contributed by atoms with Crippen molar-refractivity contribution >= 4 is 17.8 Å². The second kappa shape index (κ2) is 6.53. The quantitative estimate of drug-likeness (QED) is 0.790. The molecule has 1 aromatic rings. The largest absolute Gasteiger partial charge is 0.378 e. The summed E-state index contributed by atoms with van der Waals surface area (Å²) in [7, 11) is 0.